The molecule has 1 saturated carbocycles. The maximum absolute atomic E-state index is 14.2. The van der Waals surface area contributed by atoms with E-state index < -0.39 is 0 Å². The first-order valence-electron chi connectivity index (χ1n) is 7.90. The van der Waals surface area contributed by atoms with Gasteiger partial charge in [0, 0.05) is 24.7 Å². The number of nitrogens with one attached hydrogen (secondary N) is 1. The van der Waals surface area contributed by atoms with Crippen LogP contribution in [0, 0.1) is 23.1 Å². The van der Waals surface area contributed by atoms with Crippen LogP contribution in [0.15, 0.2) is 18.2 Å². The molecule has 2 fully saturated rings. The number of nitrogens with zero attached hydrogens (tertiary/aromatic N) is 2. The van der Waals surface area contributed by atoms with E-state index in [4.69, 9.17) is 5.26 Å². The van der Waals surface area contributed by atoms with E-state index in [1.54, 1.807) is 12.1 Å². The Balaban J connectivity index is 1.69. The average molecular weight is 287 g/mol. The van der Waals surface area contributed by atoms with Crippen LogP contribution in [-0.2, 0) is 6.54 Å². The summed E-state index contributed by atoms with van der Waals surface area (Å²) >= 11 is 0. The van der Waals surface area contributed by atoms with Crippen LogP contribution >= 0.6 is 0 Å². The van der Waals surface area contributed by atoms with Crippen molar-refractivity contribution >= 4 is 0 Å². The Morgan fingerprint density at radius 2 is 2.19 bits per heavy atom. The van der Waals surface area contributed by atoms with Gasteiger partial charge in [-0.2, -0.15) is 5.26 Å². The van der Waals surface area contributed by atoms with Gasteiger partial charge in [-0.1, -0.05) is 12.1 Å². The molecule has 1 N–H and O–H groups in total. The molecule has 0 spiro atoms. The molecule has 1 aliphatic heterocycles. The minimum atomic E-state index is -0.340. The van der Waals surface area contributed by atoms with Crippen molar-refractivity contribution in [3.8, 4) is 6.07 Å². The van der Waals surface area contributed by atoms with E-state index in [-0.39, 0.29) is 11.4 Å². The summed E-state index contributed by atoms with van der Waals surface area (Å²) in [6.07, 6.45) is 4.94. The van der Waals surface area contributed by atoms with Gasteiger partial charge in [0.15, 0.2) is 0 Å². The molecule has 1 unspecified atom stereocenters. The van der Waals surface area contributed by atoms with Gasteiger partial charge < -0.3 is 5.32 Å². The van der Waals surface area contributed by atoms with Crippen molar-refractivity contribution in [3.63, 3.8) is 0 Å². The van der Waals surface area contributed by atoms with Gasteiger partial charge in [-0.3, -0.25) is 4.90 Å². The molecule has 21 heavy (non-hydrogen) atoms. The summed E-state index contributed by atoms with van der Waals surface area (Å²) in [5.41, 5.74) is 0.812. The Labute approximate surface area is 125 Å². The molecule has 1 aromatic carbocycles. The number of rotatable bonds is 5. The van der Waals surface area contributed by atoms with Crippen molar-refractivity contribution in [2.24, 2.45) is 5.92 Å². The lowest BCUT2D eigenvalue weighted by Gasteiger charge is -2.30. The molecule has 1 saturated heterocycles. The van der Waals surface area contributed by atoms with Crippen molar-refractivity contribution in [3.05, 3.63) is 35.1 Å². The smallest absolute Gasteiger partial charge is 0.145 e. The predicted molar refractivity (Wildman–Crippen MR) is 80.1 cm³/mol. The topological polar surface area (TPSA) is 39.1 Å². The van der Waals surface area contributed by atoms with Crippen LogP contribution in [0.4, 0.5) is 4.39 Å². The molecule has 0 radical (unpaired) electrons. The number of hydrogen-bond acceptors (Lipinski definition) is 3. The van der Waals surface area contributed by atoms with Gasteiger partial charge in [0.1, 0.15) is 11.9 Å². The lowest BCUT2D eigenvalue weighted by molar-refractivity contribution is 0.191. The highest BCUT2D eigenvalue weighted by Gasteiger charge is 2.31. The van der Waals surface area contributed by atoms with Crippen molar-refractivity contribution in [1.29, 1.82) is 5.26 Å². The zero-order chi connectivity index (χ0) is 14.7. The van der Waals surface area contributed by atoms with E-state index in [0.29, 0.717) is 24.1 Å². The summed E-state index contributed by atoms with van der Waals surface area (Å²) in [7, 11) is 0. The summed E-state index contributed by atoms with van der Waals surface area (Å²) in [4.78, 5) is 2.41. The predicted octanol–water partition coefficient (Wildman–Crippen LogP) is 2.66. The maximum Gasteiger partial charge on any atom is 0.145 e. The highest BCUT2D eigenvalue weighted by Crippen LogP contribution is 2.30. The van der Waals surface area contributed by atoms with Gasteiger partial charge >= 0.3 is 0 Å². The van der Waals surface area contributed by atoms with Gasteiger partial charge in [-0.25, -0.2) is 4.39 Å². The second-order valence-corrected chi connectivity index (χ2v) is 6.26. The van der Waals surface area contributed by atoms with Gasteiger partial charge in [0.05, 0.1) is 5.56 Å². The van der Waals surface area contributed by atoms with Crippen LogP contribution in [0.1, 0.15) is 36.8 Å². The normalized spacial score (nSPS) is 22.2. The zero-order valence-corrected chi connectivity index (χ0v) is 12.3. The Morgan fingerprint density at radius 1 is 1.33 bits per heavy atom. The van der Waals surface area contributed by atoms with Gasteiger partial charge in [0.2, 0.25) is 0 Å². The van der Waals surface area contributed by atoms with E-state index in [9.17, 15) is 4.39 Å². The standard InChI is InChI=1S/C17H22FN3/c18-17-14(9-19)4-1-5-15(17)12-21(16-6-7-16)11-13-3-2-8-20-10-13/h1,4-5,13,16,20H,2-3,6-8,10-12H2. The lowest BCUT2D eigenvalue weighted by Crippen LogP contribution is -2.39. The Bertz CT molecular complexity index is 527. The number of benzene rings is 1. The highest BCUT2D eigenvalue weighted by molar-refractivity contribution is 5.35. The van der Waals surface area contributed by atoms with E-state index in [1.165, 1.54) is 25.7 Å². The molecule has 3 rings (SSSR count). The van der Waals surface area contributed by atoms with Crippen molar-refractivity contribution in [1.82, 2.24) is 10.2 Å². The zero-order valence-electron chi connectivity index (χ0n) is 12.3. The molecular formula is C17H22FN3. The van der Waals surface area contributed by atoms with Crippen molar-refractivity contribution in [2.75, 3.05) is 19.6 Å². The third-order valence-electron chi connectivity index (χ3n) is 4.53. The third kappa shape index (κ3) is 3.61. The van der Waals surface area contributed by atoms with E-state index in [2.05, 4.69) is 10.2 Å². The van der Waals surface area contributed by atoms with Crippen LogP contribution in [0.3, 0.4) is 0 Å². The molecule has 3 nitrogen and oxygen atoms in total. The molecule has 1 heterocycles. The molecule has 1 aromatic rings. The molecule has 1 aliphatic carbocycles. The number of nitriles is 1. The Morgan fingerprint density at radius 3 is 2.86 bits per heavy atom. The van der Waals surface area contributed by atoms with Crippen LogP contribution in [0.2, 0.25) is 0 Å². The van der Waals surface area contributed by atoms with Gasteiger partial charge in [-0.15, -0.1) is 0 Å². The molecule has 0 bridgehead atoms. The molecule has 2 aliphatic rings. The van der Waals surface area contributed by atoms with Gasteiger partial charge in [-0.05, 0) is 50.8 Å². The van der Waals surface area contributed by atoms with Crippen molar-refractivity contribution in [2.45, 2.75) is 38.3 Å². The first-order valence-corrected chi connectivity index (χ1v) is 7.90. The van der Waals surface area contributed by atoms with E-state index >= 15 is 0 Å². The lowest BCUT2D eigenvalue weighted by atomic mass is 9.98. The highest BCUT2D eigenvalue weighted by atomic mass is 19.1. The van der Waals surface area contributed by atoms with Crippen LogP contribution < -0.4 is 5.32 Å². The number of piperidine rings is 1. The fourth-order valence-corrected chi connectivity index (χ4v) is 3.20. The van der Waals surface area contributed by atoms with Crippen LogP contribution in [-0.4, -0.2) is 30.6 Å². The summed E-state index contributed by atoms with van der Waals surface area (Å²) in [5.74, 6) is 0.328. The summed E-state index contributed by atoms with van der Waals surface area (Å²) in [5, 5.41) is 12.4. The third-order valence-corrected chi connectivity index (χ3v) is 4.53. The minimum Gasteiger partial charge on any atom is -0.316 e. The largest absolute Gasteiger partial charge is 0.316 e. The van der Waals surface area contributed by atoms with Crippen molar-refractivity contribution < 1.29 is 4.39 Å². The molecular weight excluding hydrogens is 265 g/mol. The summed E-state index contributed by atoms with van der Waals surface area (Å²) < 4.78 is 14.2. The Kier molecular flexibility index (Phi) is 4.52. The maximum atomic E-state index is 14.2. The minimum absolute atomic E-state index is 0.155. The fraction of sp³-hybridized carbons (Fsp3) is 0.588. The first kappa shape index (κ1) is 14.5. The summed E-state index contributed by atoms with van der Waals surface area (Å²) in [6.45, 7) is 3.86. The van der Waals surface area contributed by atoms with E-state index in [0.717, 1.165) is 19.6 Å². The van der Waals surface area contributed by atoms with E-state index in [1.807, 2.05) is 12.1 Å². The second-order valence-electron chi connectivity index (χ2n) is 6.26. The van der Waals surface area contributed by atoms with Crippen LogP contribution in [0.25, 0.3) is 0 Å². The second kappa shape index (κ2) is 6.55. The monoisotopic (exact) mass is 287 g/mol. The molecule has 0 amide bonds. The quantitative estimate of drug-likeness (QED) is 0.905. The summed E-state index contributed by atoms with van der Waals surface area (Å²) in [6, 6.07) is 7.68. The average Bonchev–Trinajstić information content (AvgIpc) is 3.34. The SMILES string of the molecule is N#Cc1cccc(CN(CC2CCCNC2)C2CC2)c1F. The molecule has 1 atom stereocenters. The fourth-order valence-electron chi connectivity index (χ4n) is 3.20. The number of hydrogen-bond donors (Lipinski definition) is 1. The Hall–Kier alpha value is -1.44. The number of halogens is 1. The molecule has 112 valence electrons. The molecule has 0 aromatic heterocycles. The van der Waals surface area contributed by atoms with Crippen LogP contribution in [0.5, 0.6) is 0 Å². The first-order chi connectivity index (χ1) is 10.3. The molecule has 4 heteroatoms. The van der Waals surface area contributed by atoms with Gasteiger partial charge in [0.25, 0.3) is 0 Å².